The van der Waals surface area contributed by atoms with Crippen molar-refractivity contribution in [2.45, 2.75) is 45.8 Å². The predicted molar refractivity (Wildman–Crippen MR) is 98.7 cm³/mol. The van der Waals surface area contributed by atoms with E-state index in [1.165, 1.54) is 0 Å². The molecule has 0 aliphatic heterocycles. The van der Waals surface area contributed by atoms with Gasteiger partial charge in [-0.25, -0.2) is 0 Å². The molecule has 0 aliphatic carbocycles. The van der Waals surface area contributed by atoms with Crippen molar-refractivity contribution >= 4 is 5.91 Å². The molecule has 0 saturated carbocycles. The molecule has 2 rings (SSSR count). The van der Waals surface area contributed by atoms with Gasteiger partial charge in [-0.2, -0.15) is 5.10 Å². The van der Waals surface area contributed by atoms with Crippen LogP contribution >= 0.6 is 0 Å². The zero-order chi connectivity index (χ0) is 18.4. The molecule has 1 aromatic heterocycles. The third-order valence-electron chi connectivity index (χ3n) is 4.44. The highest BCUT2D eigenvalue weighted by atomic mass is 16.5. The average Bonchev–Trinajstić information content (AvgIpc) is 3.05. The van der Waals surface area contributed by atoms with E-state index in [0.29, 0.717) is 0 Å². The van der Waals surface area contributed by atoms with Crippen LogP contribution in [0.25, 0.3) is 0 Å². The predicted octanol–water partition coefficient (Wildman–Crippen LogP) is 2.62. The Bertz CT molecular complexity index is 698. The van der Waals surface area contributed by atoms with Crippen molar-refractivity contribution in [2.75, 3.05) is 13.7 Å². The fraction of sp³-hybridized carbons (Fsp3) is 0.474. The quantitative estimate of drug-likeness (QED) is 0.772. The first-order valence-electron chi connectivity index (χ1n) is 8.58. The lowest BCUT2D eigenvalue weighted by atomic mass is 10.1. The van der Waals surface area contributed by atoms with Crippen LogP contribution in [-0.4, -0.2) is 35.4 Å². The molecule has 1 heterocycles. The highest BCUT2D eigenvalue weighted by Crippen LogP contribution is 2.24. The Kier molecular flexibility index (Phi) is 6.58. The Hall–Kier alpha value is -2.34. The largest absolute Gasteiger partial charge is 0.496 e. The minimum Gasteiger partial charge on any atom is -0.496 e. The zero-order valence-corrected chi connectivity index (χ0v) is 15.6. The maximum Gasteiger partial charge on any atom is 0.234 e. The molecule has 1 amide bonds. The van der Waals surface area contributed by atoms with Gasteiger partial charge in [0.25, 0.3) is 0 Å². The summed E-state index contributed by atoms with van der Waals surface area (Å²) >= 11 is 0. The maximum absolute atomic E-state index is 12.3. The molecule has 25 heavy (non-hydrogen) atoms. The van der Waals surface area contributed by atoms with Gasteiger partial charge in [0.15, 0.2) is 0 Å². The highest BCUT2D eigenvalue weighted by Gasteiger charge is 2.17. The molecule has 6 heteroatoms. The summed E-state index contributed by atoms with van der Waals surface area (Å²) in [5, 5.41) is 10.6. The fourth-order valence-electron chi connectivity index (χ4n) is 2.70. The summed E-state index contributed by atoms with van der Waals surface area (Å²) in [5.41, 5.74) is 2.09. The number of benzene rings is 1. The molecule has 1 aromatic carbocycles. The number of hydrogen-bond acceptors (Lipinski definition) is 4. The van der Waals surface area contributed by atoms with E-state index in [9.17, 15) is 4.79 Å². The Balaban J connectivity index is 1.85. The molecule has 2 N–H and O–H groups in total. The van der Waals surface area contributed by atoms with Gasteiger partial charge in [-0.05, 0) is 39.3 Å². The Labute approximate surface area is 149 Å². The number of rotatable bonds is 8. The molecule has 2 aromatic rings. The van der Waals surface area contributed by atoms with Gasteiger partial charge in [-0.3, -0.25) is 9.48 Å². The molecule has 0 radical (unpaired) electrons. The Morgan fingerprint density at radius 1 is 1.28 bits per heavy atom. The minimum atomic E-state index is -0.119. The first kappa shape index (κ1) is 19.0. The normalized spacial score (nSPS) is 14.6. The van der Waals surface area contributed by atoms with Gasteiger partial charge in [0.05, 0.1) is 31.9 Å². The summed E-state index contributed by atoms with van der Waals surface area (Å²) in [7, 11) is 1.63. The SMILES string of the molecule is COc1ccccc1[C@H](C)NC(=O)CN[C@H](C)[C@H](C)n1cc(C)cn1. The number of nitrogens with one attached hydrogen (secondary N) is 2. The van der Waals surface area contributed by atoms with Crippen LogP contribution in [0.2, 0.25) is 0 Å². The number of para-hydroxylation sites is 1. The van der Waals surface area contributed by atoms with Crippen LogP contribution in [0, 0.1) is 6.92 Å². The molecule has 0 aliphatic rings. The molecule has 0 fully saturated rings. The van der Waals surface area contributed by atoms with Gasteiger partial charge >= 0.3 is 0 Å². The van der Waals surface area contributed by atoms with E-state index < -0.39 is 0 Å². The van der Waals surface area contributed by atoms with Crippen molar-refractivity contribution in [2.24, 2.45) is 0 Å². The number of hydrogen-bond donors (Lipinski definition) is 2. The molecule has 3 atom stereocenters. The third kappa shape index (κ3) is 5.06. The van der Waals surface area contributed by atoms with Crippen molar-refractivity contribution in [1.82, 2.24) is 20.4 Å². The molecular formula is C19H28N4O2. The third-order valence-corrected chi connectivity index (χ3v) is 4.44. The Morgan fingerprint density at radius 3 is 2.64 bits per heavy atom. The van der Waals surface area contributed by atoms with Crippen molar-refractivity contribution in [1.29, 1.82) is 0 Å². The lowest BCUT2D eigenvalue weighted by molar-refractivity contribution is -0.121. The van der Waals surface area contributed by atoms with Crippen LogP contribution in [0.4, 0.5) is 0 Å². The van der Waals surface area contributed by atoms with Crippen LogP contribution in [-0.2, 0) is 4.79 Å². The summed E-state index contributed by atoms with van der Waals surface area (Å²) in [6.07, 6.45) is 3.84. The van der Waals surface area contributed by atoms with Crippen LogP contribution in [0.5, 0.6) is 5.75 Å². The minimum absolute atomic E-state index is 0.0471. The van der Waals surface area contributed by atoms with E-state index >= 15 is 0 Å². The number of carbonyl (C=O) groups excluding carboxylic acids is 1. The molecule has 0 bridgehead atoms. The summed E-state index contributed by atoms with van der Waals surface area (Å²) in [6, 6.07) is 7.87. The second kappa shape index (κ2) is 8.67. The number of methoxy groups -OCH3 is 1. The van der Waals surface area contributed by atoms with Crippen LogP contribution in [0.3, 0.4) is 0 Å². The molecule has 136 valence electrons. The lowest BCUT2D eigenvalue weighted by Crippen LogP contribution is -2.41. The number of carbonyl (C=O) groups is 1. The van der Waals surface area contributed by atoms with Crippen LogP contribution < -0.4 is 15.4 Å². The van der Waals surface area contributed by atoms with Gasteiger partial charge in [0.1, 0.15) is 5.75 Å². The average molecular weight is 344 g/mol. The summed E-state index contributed by atoms with van der Waals surface area (Å²) in [4.78, 5) is 12.3. The van der Waals surface area contributed by atoms with Crippen molar-refractivity contribution in [3.05, 3.63) is 47.8 Å². The van der Waals surface area contributed by atoms with Gasteiger partial charge in [0, 0.05) is 17.8 Å². The summed E-state index contributed by atoms with van der Waals surface area (Å²) in [6.45, 7) is 8.36. The molecule has 6 nitrogen and oxygen atoms in total. The number of ether oxygens (including phenoxy) is 1. The number of amides is 1. The van der Waals surface area contributed by atoms with Crippen molar-refractivity contribution in [3.8, 4) is 5.75 Å². The number of aryl methyl sites for hydroxylation is 1. The van der Waals surface area contributed by atoms with Gasteiger partial charge in [-0.1, -0.05) is 18.2 Å². The molecule has 0 unspecified atom stereocenters. The first-order chi connectivity index (χ1) is 11.9. The standard InChI is InChI=1S/C19H28N4O2/c1-13-10-21-23(12-13)16(4)14(2)20-11-19(24)22-15(3)17-8-6-7-9-18(17)25-5/h6-10,12,14-16,20H,11H2,1-5H3,(H,22,24)/t14-,15+,16+/m1/s1. The van der Waals surface area contributed by atoms with E-state index in [4.69, 9.17) is 4.74 Å². The van der Waals surface area contributed by atoms with Crippen molar-refractivity contribution < 1.29 is 9.53 Å². The Morgan fingerprint density at radius 2 is 2.00 bits per heavy atom. The van der Waals surface area contributed by atoms with Gasteiger partial charge in [-0.15, -0.1) is 0 Å². The van der Waals surface area contributed by atoms with Crippen LogP contribution in [0.15, 0.2) is 36.7 Å². The molecule has 0 spiro atoms. The second-order valence-corrected chi connectivity index (χ2v) is 6.44. The summed E-state index contributed by atoms with van der Waals surface area (Å²) in [5.74, 6) is 0.730. The van der Waals surface area contributed by atoms with E-state index in [-0.39, 0.29) is 30.6 Å². The second-order valence-electron chi connectivity index (χ2n) is 6.44. The smallest absolute Gasteiger partial charge is 0.234 e. The molecule has 0 saturated heterocycles. The topological polar surface area (TPSA) is 68.2 Å². The number of nitrogens with zero attached hydrogens (tertiary/aromatic N) is 2. The van der Waals surface area contributed by atoms with E-state index in [0.717, 1.165) is 16.9 Å². The van der Waals surface area contributed by atoms with E-state index in [2.05, 4.69) is 29.6 Å². The number of aromatic nitrogens is 2. The van der Waals surface area contributed by atoms with Gasteiger partial charge in [0.2, 0.25) is 5.91 Å². The fourth-order valence-corrected chi connectivity index (χ4v) is 2.70. The lowest BCUT2D eigenvalue weighted by Gasteiger charge is -2.22. The monoisotopic (exact) mass is 344 g/mol. The summed E-state index contributed by atoms with van der Waals surface area (Å²) < 4.78 is 7.27. The van der Waals surface area contributed by atoms with Crippen LogP contribution in [0.1, 0.15) is 44.0 Å². The zero-order valence-electron chi connectivity index (χ0n) is 15.6. The van der Waals surface area contributed by atoms with E-state index in [1.54, 1.807) is 7.11 Å². The van der Waals surface area contributed by atoms with E-state index in [1.807, 2.05) is 55.2 Å². The highest BCUT2D eigenvalue weighted by molar-refractivity contribution is 5.78. The van der Waals surface area contributed by atoms with Gasteiger partial charge < -0.3 is 15.4 Å². The molecular weight excluding hydrogens is 316 g/mol. The maximum atomic E-state index is 12.3. The first-order valence-corrected chi connectivity index (χ1v) is 8.58. The van der Waals surface area contributed by atoms with Crippen molar-refractivity contribution in [3.63, 3.8) is 0 Å².